The number of esters is 1. The van der Waals surface area contributed by atoms with E-state index in [1.54, 1.807) is 12.1 Å². The van der Waals surface area contributed by atoms with Crippen LogP contribution in [0.3, 0.4) is 0 Å². The van der Waals surface area contributed by atoms with E-state index >= 15 is 4.39 Å². The highest BCUT2D eigenvalue weighted by atomic mass is 19.1. The van der Waals surface area contributed by atoms with Crippen molar-refractivity contribution in [3.05, 3.63) is 71.2 Å². The van der Waals surface area contributed by atoms with Crippen LogP contribution in [0.1, 0.15) is 61.0 Å². The summed E-state index contributed by atoms with van der Waals surface area (Å²) < 4.78 is 20.5. The van der Waals surface area contributed by atoms with Crippen LogP contribution in [-0.2, 0) is 16.0 Å². The molecule has 0 bridgehead atoms. The fourth-order valence-corrected chi connectivity index (χ4v) is 6.75. The molecule has 2 saturated heterocycles. The number of likely N-dealkylation sites (tertiary alicyclic amines) is 1. The van der Waals surface area contributed by atoms with Gasteiger partial charge >= 0.3 is 5.97 Å². The van der Waals surface area contributed by atoms with Crippen LogP contribution in [0.5, 0.6) is 0 Å². The van der Waals surface area contributed by atoms with Crippen molar-refractivity contribution in [1.82, 2.24) is 14.8 Å². The van der Waals surface area contributed by atoms with Crippen LogP contribution in [0, 0.1) is 5.82 Å². The van der Waals surface area contributed by atoms with Crippen molar-refractivity contribution in [2.45, 2.75) is 62.7 Å². The minimum absolute atomic E-state index is 0.00512. The Balaban J connectivity index is 1.50. The number of methoxy groups -OCH3 is 1. The van der Waals surface area contributed by atoms with Gasteiger partial charge in [0.25, 0.3) is 0 Å². The zero-order valence-corrected chi connectivity index (χ0v) is 19.7. The quantitative estimate of drug-likeness (QED) is 0.549. The number of rotatable bonds is 3. The third-order valence-electron chi connectivity index (χ3n) is 8.29. The molecule has 3 aromatic rings. The number of nitrogens with zero attached hydrogens (tertiary/aromatic N) is 2. The Morgan fingerprint density at radius 1 is 1.00 bits per heavy atom. The Morgan fingerprint density at radius 3 is 2.53 bits per heavy atom. The van der Waals surface area contributed by atoms with Crippen LogP contribution >= 0.6 is 0 Å². The van der Waals surface area contributed by atoms with Gasteiger partial charge in [-0.25, -0.2) is 4.39 Å². The molecule has 2 aromatic carbocycles. The van der Waals surface area contributed by atoms with Crippen molar-refractivity contribution in [3.63, 3.8) is 0 Å². The Labute approximate surface area is 199 Å². The molecular weight excluding hydrogens is 429 g/mol. The lowest BCUT2D eigenvalue weighted by Crippen LogP contribution is -2.56. The number of aromatic nitrogens is 1. The van der Waals surface area contributed by atoms with E-state index in [2.05, 4.69) is 33.0 Å². The van der Waals surface area contributed by atoms with Gasteiger partial charge in [-0.15, -0.1) is 0 Å². The molecule has 1 aromatic heterocycles. The number of fused-ring (bicyclic) bond motifs is 5. The summed E-state index contributed by atoms with van der Waals surface area (Å²) in [6.45, 7) is 2.20. The molecule has 178 valence electrons. The number of hydrogen-bond donors (Lipinski definition) is 1. The van der Waals surface area contributed by atoms with Gasteiger partial charge in [0.15, 0.2) is 0 Å². The van der Waals surface area contributed by atoms with Crippen LogP contribution in [-0.4, -0.2) is 53.0 Å². The molecule has 2 fully saturated rings. The molecule has 5 nitrogen and oxygen atoms in total. The van der Waals surface area contributed by atoms with Crippen molar-refractivity contribution in [2.75, 3.05) is 20.2 Å². The highest BCUT2D eigenvalue weighted by Crippen LogP contribution is 2.50. The molecule has 0 radical (unpaired) electrons. The second-order valence-electron chi connectivity index (χ2n) is 10.0. The maximum absolute atomic E-state index is 15.2. The molecule has 4 atom stereocenters. The fraction of sp³-hybridized carbons (Fsp3) is 0.464. The summed E-state index contributed by atoms with van der Waals surface area (Å²) >= 11 is 0. The largest absolute Gasteiger partial charge is 0.468 e. The van der Waals surface area contributed by atoms with Gasteiger partial charge in [-0.1, -0.05) is 42.8 Å². The molecule has 0 aliphatic carbocycles. The number of halogens is 1. The minimum Gasteiger partial charge on any atom is -0.468 e. The van der Waals surface area contributed by atoms with Gasteiger partial charge in [0.2, 0.25) is 0 Å². The zero-order chi connectivity index (χ0) is 23.2. The molecule has 3 aliphatic rings. The van der Waals surface area contributed by atoms with Crippen molar-refractivity contribution in [1.29, 1.82) is 0 Å². The molecule has 0 amide bonds. The first kappa shape index (κ1) is 21.8. The van der Waals surface area contributed by atoms with Crippen molar-refractivity contribution < 1.29 is 13.9 Å². The van der Waals surface area contributed by atoms with Gasteiger partial charge in [0.1, 0.15) is 11.9 Å². The summed E-state index contributed by atoms with van der Waals surface area (Å²) in [7, 11) is 1.46. The molecule has 3 aliphatic heterocycles. The zero-order valence-electron chi connectivity index (χ0n) is 19.7. The van der Waals surface area contributed by atoms with Gasteiger partial charge in [-0.3, -0.25) is 9.69 Å². The monoisotopic (exact) mass is 461 g/mol. The van der Waals surface area contributed by atoms with E-state index in [0.29, 0.717) is 18.0 Å². The van der Waals surface area contributed by atoms with E-state index in [-0.39, 0.29) is 23.9 Å². The molecule has 1 N–H and O–H groups in total. The first-order valence-corrected chi connectivity index (χ1v) is 12.6. The maximum Gasteiger partial charge on any atom is 0.323 e. The van der Waals surface area contributed by atoms with Crippen LogP contribution in [0.25, 0.3) is 10.9 Å². The average Bonchev–Trinajstić information content (AvgIpc) is 3.27. The van der Waals surface area contributed by atoms with Gasteiger partial charge in [0.05, 0.1) is 13.2 Å². The summed E-state index contributed by atoms with van der Waals surface area (Å²) in [4.78, 5) is 21.7. The number of aromatic amines is 1. The number of piperidine rings is 2. The fourth-order valence-electron chi connectivity index (χ4n) is 6.75. The second-order valence-corrected chi connectivity index (χ2v) is 10.0. The summed E-state index contributed by atoms with van der Waals surface area (Å²) in [5.41, 5.74) is 4.17. The third kappa shape index (κ3) is 3.55. The van der Waals surface area contributed by atoms with Crippen LogP contribution in [0.4, 0.5) is 4.39 Å². The van der Waals surface area contributed by atoms with Gasteiger partial charge in [-0.2, -0.15) is 0 Å². The van der Waals surface area contributed by atoms with E-state index in [9.17, 15) is 4.79 Å². The first-order chi connectivity index (χ1) is 16.7. The molecule has 0 spiro atoms. The molecule has 4 heterocycles. The Bertz CT molecular complexity index is 1200. The molecule has 0 unspecified atom stereocenters. The summed E-state index contributed by atoms with van der Waals surface area (Å²) in [5, 5.41) is 1.17. The molecule has 0 saturated carbocycles. The number of H-pyrrole nitrogens is 1. The summed E-state index contributed by atoms with van der Waals surface area (Å²) in [6, 6.07) is 15.1. The predicted molar refractivity (Wildman–Crippen MR) is 130 cm³/mol. The minimum atomic E-state index is -0.436. The third-order valence-corrected chi connectivity index (χ3v) is 8.29. The number of hydrogen-bond acceptors (Lipinski definition) is 4. The maximum atomic E-state index is 15.2. The Kier molecular flexibility index (Phi) is 5.66. The molecular formula is C28H32FN3O2. The van der Waals surface area contributed by atoms with Gasteiger partial charge in [-0.05, 0) is 56.5 Å². The number of carbonyl (C=O) groups excluding carboxylic acids is 1. The van der Waals surface area contributed by atoms with Gasteiger partial charge in [0, 0.05) is 40.7 Å². The molecule has 6 rings (SSSR count). The van der Waals surface area contributed by atoms with E-state index in [1.807, 2.05) is 18.2 Å². The predicted octanol–water partition coefficient (Wildman–Crippen LogP) is 5.14. The van der Waals surface area contributed by atoms with Crippen molar-refractivity contribution >= 4 is 16.9 Å². The lowest BCUT2D eigenvalue weighted by Gasteiger charge is -2.52. The van der Waals surface area contributed by atoms with Crippen LogP contribution in [0.2, 0.25) is 0 Å². The SMILES string of the molecule is COC(=O)[C@@H]1Cc2c([nH]c3ccccc23)[C@H]2C[C@H](N3CCCCC3)C[C@@H](c3ccccc3F)N21. The Morgan fingerprint density at radius 2 is 1.74 bits per heavy atom. The standard InChI is InChI=1S/C28H32FN3O2/c1-34-28(33)26-17-21-19-9-4-6-12-23(19)30-27(21)25-16-18(31-13-7-2-8-14-31)15-24(32(25)26)20-10-3-5-11-22(20)29/h3-6,9-12,18,24-26,30H,2,7-8,13-17H2,1H3/t18-,24+,25-,26+/m1/s1. The number of ether oxygens (including phenoxy) is 1. The van der Waals surface area contributed by atoms with Crippen molar-refractivity contribution in [3.8, 4) is 0 Å². The smallest absolute Gasteiger partial charge is 0.323 e. The normalized spacial score (nSPS) is 27.8. The lowest BCUT2D eigenvalue weighted by atomic mass is 9.78. The highest BCUT2D eigenvalue weighted by molar-refractivity contribution is 5.87. The van der Waals surface area contributed by atoms with Crippen molar-refractivity contribution in [2.24, 2.45) is 0 Å². The van der Waals surface area contributed by atoms with Gasteiger partial charge < -0.3 is 14.6 Å². The van der Waals surface area contributed by atoms with E-state index in [4.69, 9.17) is 4.74 Å². The topological polar surface area (TPSA) is 48.6 Å². The highest BCUT2D eigenvalue weighted by Gasteiger charge is 2.49. The van der Waals surface area contributed by atoms with E-state index in [1.165, 1.54) is 43.0 Å². The van der Waals surface area contributed by atoms with Crippen LogP contribution < -0.4 is 0 Å². The summed E-state index contributed by atoms with van der Waals surface area (Å²) in [6.07, 6.45) is 6.04. The number of carbonyl (C=O) groups is 1. The molecule has 6 heteroatoms. The van der Waals surface area contributed by atoms with E-state index < -0.39 is 6.04 Å². The van der Waals surface area contributed by atoms with Crippen LogP contribution in [0.15, 0.2) is 48.5 Å². The Hall–Kier alpha value is -2.70. The second kappa shape index (κ2) is 8.82. The average molecular weight is 462 g/mol. The lowest BCUT2D eigenvalue weighted by molar-refractivity contribution is -0.152. The molecule has 34 heavy (non-hydrogen) atoms. The van der Waals surface area contributed by atoms with E-state index in [0.717, 1.165) is 31.4 Å². The summed E-state index contributed by atoms with van der Waals surface area (Å²) in [5.74, 6) is -0.435. The number of benzene rings is 2. The first-order valence-electron chi connectivity index (χ1n) is 12.6. The number of para-hydroxylation sites is 1. The number of nitrogens with one attached hydrogen (secondary N) is 1.